The SMILES string of the molecule is Cc1cc(/C=C2\SC(=O)N(Cc3ccc(Cl)cc3)C2=O)c(C)n1-c1ccc2c(c1)OCO2. The summed E-state index contributed by atoms with van der Waals surface area (Å²) in [7, 11) is 0. The van der Waals surface area contributed by atoms with Crippen LogP contribution in [0.25, 0.3) is 11.8 Å². The van der Waals surface area contributed by atoms with Gasteiger partial charge >= 0.3 is 0 Å². The maximum absolute atomic E-state index is 12.9. The highest BCUT2D eigenvalue weighted by Crippen LogP contribution is 2.37. The van der Waals surface area contributed by atoms with Crippen LogP contribution >= 0.6 is 23.4 Å². The van der Waals surface area contributed by atoms with Gasteiger partial charge in [-0.05, 0) is 73.1 Å². The summed E-state index contributed by atoms with van der Waals surface area (Å²) in [6.45, 7) is 4.43. The van der Waals surface area contributed by atoms with Gasteiger partial charge in [0.2, 0.25) is 6.79 Å². The zero-order valence-corrected chi connectivity index (χ0v) is 19.0. The van der Waals surface area contributed by atoms with Crippen LogP contribution in [0.1, 0.15) is 22.5 Å². The second-order valence-corrected chi connectivity index (χ2v) is 9.02. The molecular weight excluding hydrogens is 448 g/mol. The number of hydrogen-bond acceptors (Lipinski definition) is 5. The topological polar surface area (TPSA) is 60.8 Å². The first-order valence-electron chi connectivity index (χ1n) is 9.99. The molecule has 2 amide bonds. The Balaban J connectivity index is 1.43. The van der Waals surface area contributed by atoms with Crippen LogP contribution in [0.3, 0.4) is 0 Å². The monoisotopic (exact) mass is 466 g/mol. The number of fused-ring (bicyclic) bond motifs is 1. The zero-order chi connectivity index (χ0) is 22.4. The van der Waals surface area contributed by atoms with E-state index in [2.05, 4.69) is 4.57 Å². The third-order valence-electron chi connectivity index (χ3n) is 5.50. The van der Waals surface area contributed by atoms with Gasteiger partial charge in [0.15, 0.2) is 11.5 Å². The van der Waals surface area contributed by atoms with Crippen molar-refractivity contribution in [1.82, 2.24) is 9.47 Å². The Bertz CT molecular complexity index is 1280. The van der Waals surface area contributed by atoms with Gasteiger partial charge in [0.05, 0.1) is 11.4 Å². The molecule has 0 atom stereocenters. The summed E-state index contributed by atoms with van der Waals surface area (Å²) in [5.41, 5.74) is 4.65. The van der Waals surface area contributed by atoms with E-state index < -0.39 is 0 Å². The highest BCUT2D eigenvalue weighted by atomic mass is 35.5. The van der Waals surface area contributed by atoms with Gasteiger partial charge in [0.25, 0.3) is 11.1 Å². The standard InChI is InChI=1S/C24H19ClN2O4S/c1-14-9-17(15(2)27(14)19-7-8-20-21(11-19)31-13-30-20)10-22-23(28)26(24(29)32-22)12-16-3-5-18(25)6-4-16/h3-11H,12-13H2,1-2H3/b22-10-. The lowest BCUT2D eigenvalue weighted by Crippen LogP contribution is -2.27. The summed E-state index contributed by atoms with van der Waals surface area (Å²) < 4.78 is 13.0. The Labute approximate surface area is 194 Å². The molecule has 162 valence electrons. The number of nitrogens with zero attached hydrogens (tertiary/aromatic N) is 2. The number of aryl methyl sites for hydroxylation is 1. The number of hydrogen-bond donors (Lipinski definition) is 0. The van der Waals surface area contributed by atoms with Gasteiger partial charge in [-0.2, -0.15) is 0 Å². The smallest absolute Gasteiger partial charge is 0.293 e. The fraction of sp³-hybridized carbons (Fsp3) is 0.167. The van der Waals surface area contributed by atoms with E-state index >= 15 is 0 Å². The Morgan fingerprint density at radius 2 is 1.78 bits per heavy atom. The minimum atomic E-state index is -0.289. The zero-order valence-electron chi connectivity index (χ0n) is 17.4. The molecule has 3 heterocycles. The first kappa shape index (κ1) is 20.7. The Morgan fingerprint density at radius 3 is 2.56 bits per heavy atom. The molecule has 2 aromatic carbocycles. The van der Waals surface area contributed by atoms with Gasteiger partial charge in [-0.15, -0.1) is 0 Å². The first-order valence-corrected chi connectivity index (χ1v) is 11.2. The predicted octanol–water partition coefficient (Wildman–Crippen LogP) is 5.71. The molecule has 0 saturated carbocycles. The molecule has 2 aliphatic rings. The number of carbonyl (C=O) groups is 2. The van der Waals surface area contributed by atoms with Crippen molar-refractivity contribution in [2.24, 2.45) is 0 Å². The van der Waals surface area contributed by atoms with E-state index in [0.29, 0.717) is 15.7 Å². The van der Waals surface area contributed by atoms with E-state index in [9.17, 15) is 9.59 Å². The minimum absolute atomic E-state index is 0.218. The van der Waals surface area contributed by atoms with E-state index in [1.165, 1.54) is 4.90 Å². The maximum Gasteiger partial charge on any atom is 0.293 e. The van der Waals surface area contributed by atoms with Crippen molar-refractivity contribution in [3.8, 4) is 17.2 Å². The van der Waals surface area contributed by atoms with E-state index in [4.69, 9.17) is 21.1 Å². The lowest BCUT2D eigenvalue weighted by molar-refractivity contribution is -0.123. The van der Waals surface area contributed by atoms with E-state index in [1.807, 2.05) is 50.2 Å². The van der Waals surface area contributed by atoms with Crippen molar-refractivity contribution in [1.29, 1.82) is 0 Å². The molecule has 3 aromatic rings. The molecule has 1 fully saturated rings. The number of thioether (sulfide) groups is 1. The van der Waals surface area contributed by atoms with Gasteiger partial charge in [-0.25, -0.2) is 0 Å². The van der Waals surface area contributed by atoms with Crippen LogP contribution in [0.5, 0.6) is 11.5 Å². The van der Waals surface area contributed by atoms with Crippen LogP contribution in [0.15, 0.2) is 53.4 Å². The lowest BCUT2D eigenvalue weighted by Gasteiger charge is -2.12. The minimum Gasteiger partial charge on any atom is -0.454 e. The summed E-state index contributed by atoms with van der Waals surface area (Å²) in [4.78, 5) is 27.1. The molecule has 8 heteroatoms. The highest BCUT2D eigenvalue weighted by Gasteiger charge is 2.35. The van der Waals surface area contributed by atoms with Gasteiger partial charge < -0.3 is 14.0 Å². The van der Waals surface area contributed by atoms with Crippen LogP contribution in [0.2, 0.25) is 5.02 Å². The molecule has 5 rings (SSSR count). The van der Waals surface area contributed by atoms with Crippen LogP contribution < -0.4 is 9.47 Å². The summed E-state index contributed by atoms with van der Waals surface area (Å²) in [5, 5.41) is 0.335. The van der Waals surface area contributed by atoms with Crippen LogP contribution in [-0.4, -0.2) is 27.4 Å². The number of rotatable bonds is 4. The van der Waals surface area contributed by atoms with Gasteiger partial charge in [0, 0.05) is 28.2 Å². The Hall–Kier alpha value is -3.16. The summed E-state index contributed by atoms with van der Waals surface area (Å²) >= 11 is 6.89. The molecule has 0 unspecified atom stereocenters. The highest BCUT2D eigenvalue weighted by molar-refractivity contribution is 8.18. The molecule has 2 aliphatic heterocycles. The Morgan fingerprint density at radius 1 is 1.03 bits per heavy atom. The molecule has 0 radical (unpaired) electrons. The number of carbonyl (C=O) groups excluding carboxylic acids is 2. The summed E-state index contributed by atoms with van der Waals surface area (Å²) in [6, 6.07) is 14.9. The van der Waals surface area contributed by atoms with Crippen molar-refractivity contribution in [3.63, 3.8) is 0 Å². The largest absolute Gasteiger partial charge is 0.454 e. The maximum atomic E-state index is 12.9. The van der Waals surface area contributed by atoms with Crippen molar-refractivity contribution in [2.75, 3.05) is 6.79 Å². The number of halogens is 1. The van der Waals surface area contributed by atoms with Crippen molar-refractivity contribution >= 4 is 40.6 Å². The molecule has 6 nitrogen and oxygen atoms in total. The molecule has 1 aromatic heterocycles. The number of ether oxygens (including phenoxy) is 2. The molecule has 0 spiro atoms. The fourth-order valence-electron chi connectivity index (χ4n) is 3.91. The third kappa shape index (κ3) is 3.67. The quantitative estimate of drug-likeness (QED) is 0.461. The predicted molar refractivity (Wildman–Crippen MR) is 124 cm³/mol. The second kappa shape index (κ2) is 8.07. The number of amides is 2. The molecule has 0 N–H and O–H groups in total. The number of benzene rings is 2. The number of imide groups is 1. The fourth-order valence-corrected chi connectivity index (χ4v) is 4.86. The molecular formula is C24H19ClN2O4S. The van der Waals surface area contributed by atoms with Gasteiger partial charge in [-0.1, -0.05) is 23.7 Å². The average Bonchev–Trinajstić information content (AvgIpc) is 3.42. The molecule has 1 saturated heterocycles. The van der Waals surface area contributed by atoms with Crippen LogP contribution in [0.4, 0.5) is 4.79 Å². The van der Waals surface area contributed by atoms with Crippen molar-refractivity contribution in [2.45, 2.75) is 20.4 Å². The van der Waals surface area contributed by atoms with Gasteiger partial charge in [0.1, 0.15) is 0 Å². The van der Waals surface area contributed by atoms with Gasteiger partial charge in [-0.3, -0.25) is 14.5 Å². The number of aromatic nitrogens is 1. The van der Waals surface area contributed by atoms with E-state index in [-0.39, 0.29) is 24.5 Å². The second-order valence-electron chi connectivity index (χ2n) is 7.59. The normalized spacial score (nSPS) is 16.5. The Kier molecular flexibility index (Phi) is 5.23. The van der Waals surface area contributed by atoms with E-state index in [1.54, 1.807) is 18.2 Å². The third-order valence-corrected chi connectivity index (χ3v) is 6.66. The van der Waals surface area contributed by atoms with Crippen LogP contribution in [0, 0.1) is 13.8 Å². The molecule has 0 aliphatic carbocycles. The summed E-state index contributed by atoms with van der Waals surface area (Å²) in [6.07, 6.45) is 1.79. The van der Waals surface area contributed by atoms with Crippen molar-refractivity contribution in [3.05, 3.63) is 81.0 Å². The average molecular weight is 467 g/mol. The first-order chi connectivity index (χ1) is 15.4. The molecule has 32 heavy (non-hydrogen) atoms. The van der Waals surface area contributed by atoms with E-state index in [0.717, 1.165) is 45.7 Å². The summed E-state index contributed by atoms with van der Waals surface area (Å²) in [5.74, 6) is 1.15. The lowest BCUT2D eigenvalue weighted by atomic mass is 10.2. The molecule has 0 bridgehead atoms. The van der Waals surface area contributed by atoms with Crippen molar-refractivity contribution < 1.29 is 19.1 Å². The van der Waals surface area contributed by atoms with Crippen LogP contribution in [-0.2, 0) is 11.3 Å².